The number of benzene rings is 1. The van der Waals surface area contributed by atoms with Crippen molar-refractivity contribution in [1.82, 2.24) is 14.4 Å². The number of carbonyl (C=O) groups is 1. The monoisotopic (exact) mass is 535 g/mol. The first-order chi connectivity index (χ1) is 17.9. The molecule has 7 nitrogen and oxygen atoms in total. The van der Waals surface area contributed by atoms with E-state index in [0.29, 0.717) is 27.9 Å². The zero-order chi connectivity index (χ0) is 26.5. The van der Waals surface area contributed by atoms with Crippen LogP contribution in [-0.2, 0) is 17.9 Å². The van der Waals surface area contributed by atoms with E-state index in [4.69, 9.17) is 12.2 Å². The van der Waals surface area contributed by atoms with E-state index in [1.807, 2.05) is 19.1 Å². The molecule has 0 saturated carbocycles. The van der Waals surface area contributed by atoms with Crippen LogP contribution in [0.3, 0.4) is 0 Å². The van der Waals surface area contributed by atoms with Gasteiger partial charge in [0.1, 0.15) is 21.8 Å². The first-order valence-corrected chi connectivity index (χ1v) is 14.1. The largest absolute Gasteiger partial charge is 0.355 e. The quantitative estimate of drug-likeness (QED) is 0.367. The maximum atomic E-state index is 13.3. The van der Waals surface area contributed by atoms with Crippen molar-refractivity contribution in [3.05, 3.63) is 67.8 Å². The number of amides is 1. The van der Waals surface area contributed by atoms with Gasteiger partial charge in [0, 0.05) is 51.4 Å². The Kier molecular flexibility index (Phi) is 8.85. The topological polar surface area (TPSA) is 72.6 Å². The van der Waals surface area contributed by atoms with Crippen LogP contribution in [0, 0.1) is 18.3 Å². The zero-order valence-corrected chi connectivity index (χ0v) is 23.3. The zero-order valence-electron chi connectivity index (χ0n) is 21.7. The molecule has 37 heavy (non-hydrogen) atoms. The Morgan fingerprint density at radius 2 is 1.81 bits per heavy atom. The predicted octanol–water partition coefficient (Wildman–Crippen LogP) is 4.37. The number of aromatic nitrogens is 1. The Balaban J connectivity index is 1.70. The van der Waals surface area contributed by atoms with Crippen molar-refractivity contribution in [3.8, 4) is 6.07 Å². The lowest BCUT2D eigenvalue weighted by Crippen LogP contribution is -2.48. The minimum atomic E-state index is -0.281. The van der Waals surface area contributed by atoms with Crippen LogP contribution in [0.15, 0.2) is 40.0 Å². The molecule has 0 radical (unpaired) electrons. The van der Waals surface area contributed by atoms with Crippen LogP contribution in [0.5, 0.6) is 0 Å². The third-order valence-corrected chi connectivity index (χ3v) is 8.35. The molecule has 2 aliphatic heterocycles. The van der Waals surface area contributed by atoms with Crippen LogP contribution in [0.4, 0.5) is 5.82 Å². The number of piperazine rings is 1. The van der Waals surface area contributed by atoms with Crippen molar-refractivity contribution in [1.29, 1.82) is 5.26 Å². The summed E-state index contributed by atoms with van der Waals surface area (Å²) in [5, 5.41) is 9.81. The molecule has 1 aromatic carbocycles. The number of thiocarbonyl (C=S) groups is 1. The third-order valence-electron chi connectivity index (χ3n) is 6.97. The maximum absolute atomic E-state index is 13.3. The number of nitriles is 1. The van der Waals surface area contributed by atoms with E-state index in [2.05, 4.69) is 47.1 Å². The SMILES string of the molecule is CCCCN1C(=O)/C(=C/c2c(C)c(C#N)c(=O)n(CC)c2N2CCN(Cc3ccccc3)CC2)SC1=S. The Hall–Kier alpha value is -2.93. The summed E-state index contributed by atoms with van der Waals surface area (Å²) in [4.78, 5) is 33.3. The molecule has 0 unspecified atom stereocenters. The molecule has 4 rings (SSSR count). The standard InChI is InChI=1S/C28H33N5O2S2/c1-4-6-12-33-27(35)24(37-28(33)36)17-22-20(3)23(18-29)26(34)32(5-2)25(22)31-15-13-30(14-16-31)19-21-10-8-7-9-11-21/h7-11,17H,4-6,12-16,19H2,1-3H3/b24-17-. The summed E-state index contributed by atoms with van der Waals surface area (Å²) >= 11 is 6.80. The van der Waals surface area contributed by atoms with Crippen molar-refractivity contribution < 1.29 is 4.79 Å². The average molecular weight is 536 g/mol. The number of pyridine rings is 1. The molecule has 1 amide bonds. The van der Waals surface area contributed by atoms with E-state index in [0.717, 1.165) is 56.9 Å². The number of hydrogen-bond donors (Lipinski definition) is 0. The van der Waals surface area contributed by atoms with Gasteiger partial charge in [0.2, 0.25) is 0 Å². The number of rotatable bonds is 8. The van der Waals surface area contributed by atoms with E-state index in [-0.39, 0.29) is 17.0 Å². The molecule has 0 spiro atoms. The minimum absolute atomic E-state index is 0.103. The highest BCUT2D eigenvalue weighted by molar-refractivity contribution is 8.26. The van der Waals surface area contributed by atoms with Gasteiger partial charge in [-0.3, -0.25) is 24.0 Å². The fourth-order valence-electron chi connectivity index (χ4n) is 4.88. The molecule has 1 aromatic heterocycles. The highest BCUT2D eigenvalue weighted by Gasteiger charge is 2.33. The van der Waals surface area contributed by atoms with Gasteiger partial charge in [-0.2, -0.15) is 5.26 Å². The molecular formula is C28H33N5O2S2. The van der Waals surface area contributed by atoms with E-state index in [1.165, 1.54) is 17.3 Å². The second-order valence-electron chi connectivity index (χ2n) is 9.33. The van der Waals surface area contributed by atoms with Crippen molar-refractivity contribution in [2.75, 3.05) is 37.6 Å². The highest BCUT2D eigenvalue weighted by Crippen LogP contribution is 2.36. The van der Waals surface area contributed by atoms with Crippen LogP contribution in [0.25, 0.3) is 6.08 Å². The molecule has 0 N–H and O–H groups in total. The summed E-state index contributed by atoms with van der Waals surface area (Å²) in [7, 11) is 0. The smallest absolute Gasteiger partial charge is 0.270 e. The number of anilines is 1. The van der Waals surface area contributed by atoms with Gasteiger partial charge in [0.15, 0.2) is 0 Å². The van der Waals surface area contributed by atoms with Gasteiger partial charge < -0.3 is 4.90 Å². The number of nitrogens with zero attached hydrogens (tertiary/aromatic N) is 5. The molecule has 0 bridgehead atoms. The van der Waals surface area contributed by atoms with Crippen LogP contribution in [-0.4, -0.2) is 57.3 Å². The summed E-state index contributed by atoms with van der Waals surface area (Å²) in [5.41, 5.74) is 2.49. The van der Waals surface area contributed by atoms with Crippen molar-refractivity contribution in [2.24, 2.45) is 0 Å². The molecule has 2 aromatic rings. The van der Waals surface area contributed by atoms with Crippen LogP contribution in [0.2, 0.25) is 0 Å². The molecule has 9 heteroatoms. The molecule has 0 atom stereocenters. The summed E-state index contributed by atoms with van der Waals surface area (Å²) < 4.78 is 2.24. The maximum Gasteiger partial charge on any atom is 0.270 e. The third kappa shape index (κ3) is 5.66. The Bertz CT molecular complexity index is 1300. The van der Waals surface area contributed by atoms with Gasteiger partial charge in [0.25, 0.3) is 11.5 Å². The van der Waals surface area contributed by atoms with E-state index in [1.54, 1.807) is 16.4 Å². The summed E-state index contributed by atoms with van der Waals surface area (Å²) in [6.07, 6.45) is 3.71. The second-order valence-corrected chi connectivity index (χ2v) is 11.0. The van der Waals surface area contributed by atoms with Gasteiger partial charge in [-0.25, -0.2) is 0 Å². The Morgan fingerprint density at radius 3 is 2.43 bits per heavy atom. The number of hydrogen-bond acceptors (Lipinski definition) is 7. The Morgan fingerprint density at radius 1 is 1.11 bits per heavy atom. The number of unbranched alkanes of at least 4 members (excludes halogenated alkanes) is 1. The highest BCUT2D eigenvalue weighted by atomic mass is 32.2. The lowest BCUT2D eigenvalue weighted by molar-refractivity contribution is -0.122. The molecule has 194 valence electrons. The summed E-state index contributed by atoms with van der Waals surface area (Å²) in [5.74, 6) is 0.677. The van der Waals surface area contributed by atoms with Crippen molar-refractivity contribution in [2.45, 2.75) is 46.7 Å². The van der Waals surface area contributed by atoms with Crippen LogP contribution >= 0.6 is 24.0 Å². The van der Waals surface area contributed by atoms with E-state index < -0.39 is 0 Å². The van der Waals surface area contributed by atoms with Gasteiger partial charge >= 0.3 is 0 Å². The van der Waals surface area contributed by atoms with Gasteiger partial charge in [-0.1, -0.05) is 67.7 Å². The van der Waals surface area contributed by atoms with Gasteiger partial charge in [-0.15, -0.1) is 0 Å². The fraction of sp³-hybridized carbons (Fsp3) is 0.429. The normalized spacial score (nSPS) is 17.6. The van der Waals surface area contributed by atoms with Crippen molar-refractivity contribution >= 4 is 46.1 Å². The molecule has 2 aliphatic rings. The van der Waals surface area contributed by atoms with Gasteiger partial charge in [-0.05, 0) is 37.5 Å². The first-order valence-electron chi connectivity index (χ1n) is 12.8. The first kappa shape index (κ1) is 27.1. The second kappa shape index (κ2) is 12.1. The molecule has 3 heterocycles. The molecular weight excluding hydrogens is 502 g/mol. The summed E-state index contributed by atoms with van der Waals surface area (Å²) in [6.45, 7) is 10.9. The number of thioether (sulfide) groups is 1. The minimum Gasteiger partial charge on any atom is -0.355 e. The average Bonchev–Trinajstić information content (AvgIpc) is 3.17. The van der Waals surface area contributed by atoms with Gasteiger partial charge in [0.05, 0.1) is 4.91 Å². The molecule has 0 aliphatic carbocycles. The number of carbonyl (C=O) groups excluding carboxylic acids is 1. The lowest BCUT2D eigenvalue weighted by atomic mass is 10.0. The van der Waals surface area contributed by atoms with Crippen LogP contribution < -0.4 is 10.5 Å². The van der Waals surface area contributed by atoms with E-state index >= 15 is 0 Å². The fourth-order valence-corrected chi connectivity index (χ4v) is 6.17. The lowest BCUT2D eigenvalue weighted by Gasteiger charge is -2.38. The molecule has 2 saturated heterocycles. The summed E-state index contributed by atoms with van der Waals surface area (Å²) in [6, 6.07) is 12.5. The molecule has 2 fully saturated rings. The Labute approximate surface area is 228 Å². The van der Waals surface area contributed by atoms with E-state index in [9.17, 15) is 14.9 Å². The van der Waals surface area contributed by atoms with Crippen LogP contribution in [0.1, 0.15) is 48.9 Å². The predicted molar refractivity (Wildman–Crippen MR) is 155 cm³/mol. The van der Waals surface area contributed by atoms with Crippen molar-refractivity contribution in [3.63, 3.8) is 0 Å².